The van der Waals surface area contributed by atoms with E-state index in [1.54, 1.807) is 10.5 Å². The highest BCUT2D eigenvalue weighted by Gasteiger charge is 2.31. The van der Waals surface area contributed by atoms with Crippen molar-refractivity contribution < 1.29 is 8.42 Å². The van der Waals surface area contributed by atoms with Crippen LogP contribution in [0.15, 0.2) is 53.6 Å². The summed E-state index contributed by atoms with van der Waals surface area (Å²) in [6.07, 6.45) is 1.80. The van der Waals surface area contributed by atoms with Crippen LogP contribution in [0.3, 0.4) is 0 Å². The zero-order valence-electron chi connectivity index (χ0n) is 16.5. The molecule has 28 heavy (non-hydrogen) atoms. The van der Waals surface area contributed by atoms with Gasteiger partial charge in [0.05, 0.1) is 16.1 Å². The summed E-state index contributed by atoms with van der Waals surface area (Å²) in [5.74, 6) is 0. The van der Waals surface area contributed by atoms with Gasteiger partial charge in [0, 0.05) is 37.8 Å². The van der Waals surface area contributed by atoms with E-state index in [1.165, 1.54) is 0 Å². The Morgan fingerprint density at radius 1 is 0.893 bits per heavy atom. The second kappa shape index (κ2) is 7.18. The van der Waals surface area contributed by atoms with Crippen molar-refractivity contribution in [2.24, 2.45) is 0 Å². The van der Waals surface area contributed by atoms with E-state index in [4.69, 9.17) is 0 Å². The number of aromatic nitrogens is 1. The van der Waals surface area contributed by atoms with Crippen LogP contribution in [0.1, 0.15) is 16.7 Å². The number of sulfonamides is 1. The lowest BCUT2D eigenvalue weighted by molar-refractivity contribution is 0.384. The molecule has 146 valence electrons. The van der Waals surface area contributed by atoms with Gasteiger partial charge in [0.1, 0.15) is 0 Å². The maximum atomic E-state index is 13.3. The lowest BCUT2D eigenvalue weighted by Gasteiger charge is -2.36. The van der Waals surface area contributed by atoms with E-state index in [1.807, 2.05) is 45.0 Å². The number of anilines is 1. The highest BCUT2D eigenvalue weighted by molar-refractivity contribution is 7.89. The Morgan fingerprint density at radius 3 is 2.21 bits per heavy atom. The third kappa shape index (κ3) is 3.27. The summed E-state index contributed by atoms with van der Waals surface area (Å²) in [5, 5.41) is 1.10. The molecule has 0 amide bonds. The average Bonchev–Trinajstić information content (AvgIpc) is 2.66. The minimum atomic E-state index is -3.50. The third-order valence-corrected chi connectivity index (χ3v) is 7.60. The summed E-state index contributed by atoms with van der Waals surface area (Å²) < 4.78 is 28.2. The maximum absolute atomic E-state index is 13.3. The smallest absolute Gasteiger partial charge is 0.243 e. The molecular formula is C22H25N3O2S. The molecule has 0 unspecified atom stereocenters. The van der Waals surface area contributed by atoms with E-state index in [9.17, 15) is 8.42 Å². The summed E-state index contributed by atoms with van der Waals surface area (Å²) in [6, 6.07) is 14.0. The van der Waals surface area contributed by atoms with Crippen molar-refractivity contribution in [2.75, 3.05) is 31.1 Å². The summed E-state index contributed by atoms with van der Waals surface area (Å²) in [6.45, 7) is 8.00. The van der Waals surface area contributed by atoms with Crippen LogP contribution in [-0.2, 0) is 10.0 Å². The van der Waals surface area contributed by atoms with Crippen LogP contribution >= 0.6 is 0 Å². The van der Waals surface area contributed by atoms with Crippen LogP contribution in [0.25, 0.3) is 10.9 Å². The van der Waals surface area contributed by atoms with Crippen molar-refractivity contribution in [1.82, 2.24) is 9.29 Å². The predicted molar refractivity (Wildman–Crippen MR) is 113 cm³/mol. The van der Waals surface area contributed by atoms with Gasteiger partial charge in [-0.1, -0.05) is 35.9 Å². The maximum Gasteiger partial charge on any atom is 0.243 e. The van der Waals surface area contributed by atoms with Crippen molar-refractivity contribution in [1.29, 1.82) is 0 Å². The minimum absolute atomic E-state index is 0.457. The minimum Gasteiger partial charge on any atom is -0.367 e. The average molecular weight is 396 g/mol. The van der Waals surface area contributed by atoms with Crippen LogP contribution in [0, 0.1) is 20.8 Å². The third-order valence-electron chi connectivity index (χ3n) is 5.39. The van der Waals surface area contributed by atoms with Crippen molar-refractivity contribution in [3.8, 4) is 0 Å². The topological polar surface area (TPSA) is 53.5 Å². The summed E-state index contributed by atoms with van der Waals surface area (Å²) >= 11 is 0. The Hall–Kier alpha value is -2.44. The number of nitrogens with zero attached hydrogens (tertiary/aromatic N) is 3. The number of pyridine rings is 1. The molecule has 5 nitrogen and oxygen atoms in total. The number of hydrogen-bond donors (Lipinski definition) is 0. The van der Waals surface area contributed by atoms with Crippen LogP contribution in [0.2, 0.25) is 0 Å². The first kappa shape index (κ1) is 18.9. The number of rotatable bonds is 3. The van der Waals surface area contributed by atoms with Crippen LogP contribution in [0.5, 0.6) is 0 Å². The molecule has 0 saturated carbocycles. The molecule has 6 heteroatoms. The lowest BCUT2D eigenvalue weighted by atomic mass is 10.1. The molecule has 1 aliphatic rings. The molecule has 2 heterocycles. The normalized spacial score (nSPS) is 15.9. The SMILES string of the molecule is Cc1cc(C)c(S(=O)(=O)N2CCN(c3cccc4cccnc34)CC2)c(C)c1. The molecule has 0 bridgehead atoms. The van der Waals surface area contributed by atoms with Crippen molar-refractivity contribution >= 4 is 26.6 Å². The molecule has 0 spiro atoms. The molecule has 3 aromatic rings. The van der Waals surface area contributed by atoms with Gasteiger partial charge in [0.25, 0.3) is 0 Å². The Bertz CT molecular complexity index is 1110. The quantitative estimate of drug-likeness (QED) is 0.679. The molecule has 0 aliphatic carbocycles. The van der Waals surface area contributed by atoms with Crippen molar-refractivity contribution in [3.63, 3.8) is 0 Å². The van der Waals surface area contributed by atoms with Crippen molar-refractivity contribution in [2.45, 2.75) is 25.7 Å². The van der Waals surface area contributed by atoms with Crippen LogP contribution in [0.4, 0.5) is 5.69 Å². The van der Waals surface area contributed by atoms with Crippen LogP contribution in [-0.4, -0.2) is 43.9 Å². The van der Waals surface area contributed by atoms with Gasteiger partial charge in [-0.25, -0.2) is 8.42 Å². The summed E-state index contributed by atoms with van der Waals surface area (Å²) in [5.41, 5.74) is 4.75. The highest BCUT2D eigenvalue weighted by Crippen LogP contribution is 2.29. The van der Waals surface area contributed by atoms with Crippen LogP contribution < -0.4 is 4.90 Å². The molecule has 0 atom stereocenters. The van der Waals surface area contributed by atoms with Gasteiger partial charge in [0.15, 0.2) is 0 Å². The Morgan fingerprint density at radius 2 is 1.54 bits per heavy atom. The van der Waals surface area contributed by atoms with E-state index >= 15 is 0 Å². The highest BCUT2D eigenvalue weighted by atomic mass is 32.2. The Balaban J connectivity index is 1.59. The number of piperazine rings is 1. The zero-order valence-corrected chi connectivity index (χ0v) is 17.3. The molecule has 1 saturated heterocycles. The molecule has 1 aromatic heterocycles. The summed E-state index contributed by atoms with van der Waals surface area (Å²) in [4.78, 5) is 7.22. The van der Waals surface area contributed by atoms with E-state index in [0.29, 0.717) is 31.1 Å². The van der Waals surface area contributed by atoms with Gasteiger partial charge in [-0.05, 0) is 44.0 Å². The van der Waals surface area contributed by atoms with E-state index in [0.717, 1.165) is 33.3 Å². The molecule has 0 radical (unpaired) electrons. The first-order valence-electron chi connectivity index (χ1n) is 9.54. The summed E-state index contributed by atoms with van der Waals surface area (Å²) in [7, 11) is -3.50. The fraction of sp³-hybridized carbons (Fsp3) is 0.318. The van der Waals surface area contributed by atoms with Gasteiger partial charge in [-0.2, -0.15) is 4.31 Å². The number of aryl methyl sites for hydroxylation is 3. The molecule has 2 aromatic carbocycles. The first-order chi connectivity index (χ1) is 13.4. The number of hydrogen-bond acceptors (Lipinski definition) is 4. The fourth-order valence-corrected chi connectivity index (χ4v) is 6.05. The number of fused-ring (bicyclic) bond motifs is 1. The van der Waals surface area contributed by atoms with Gasteiger partial charge in [0.2, 0.25) is 10.0 Å². The Labute approximate surface area is 166 Å². The molecule has 1 fully saturated rings. The van der Waals surface area contributed by atoms with Gasteiger partial charge in [-0.3, -0.25) is 4.98 Å². The molecular weight excluding hydrogens is 370 g/mol. The van der Waals surface area contributed by atoms with Crippen molar-refractivity contribution in [3.05, 3.63) is 65.4 Å². The molecule has 0 N–H and O–H groups in total. The van der Waals surface area contributed by atoms with Gasteiger partial charge < -0.3 is 4.90 Å². The monoisotopic (exact) mass is 395 g/mol. The number of benzene rings is 2. The second-order valence-corrected chi connectivity index (χ2v) is 9.35. The Kier molecular flexibility index (Phi) is 4.85. The molecule has 1 aliphatic heterocycles. The van der Waals surface area contributed by atoms with E-state index in [2.05, 4.69) is 28.1 Å². The van der Waals surface area contributed by atoms with E-state index in [-0.39, 0.29) is 0 Å². The predicted octanol–water partition coefficient (Wildman–Crippen LogP) is 3.67. The fourth-order valence-electron chi connectivity index (χ4n) is 4.22. The van der Waals surface area contributed by atoms with E-state index < -0.39 is 10.0 Å². The van der Waals surface area contributed by atoms with Gasteiger partial charge in [-0.15, -0.1) is 0 Å². The number of para-hydroxylation sites is 1. The largest absolute Gasteiger partial charge is 0.367 e. The molecule has 4 rings (SSSR count). The standard InChI is InChI=1S/C22H25N3O2S/c1-16-14-17(2)22(18(3)15-16)28(26,27)25-12-10-24(11-13-25)20-8-4-6-19-7-5-9-23-21(19)20/h4-9,14-15H,10-13H2,1-3H3. The van der Waals surface area contributed by atoms with Gasteiger partial charge >= 0.3 is 0 Å². The zero-order chi connectivity index (χ0) is 19.9. The second-order valence-electron chi connectivity index (χ2n) is 7.47. The first-order valence-corrected chi connectivity index (χ1v) is 11.0. The lowest BCUT2D eigenvalue weighted by Crippen LogP contribution is -2.49.